The molecule has 3 aliphatic heterocycles. The third-order valence-electron chi connectivity index (χ3n) is 5.52. The molecule has 4 rings (SSSR count). The van der Waals surface area contributed by atoms with Gasteiger partial charge in [0.25, 0.3) is 0 Å². The topological polar surface area (TPSA) is 26.8 Å². The number of para-hydroxylation sites is 1. The van der Waals surface area contributed by atoms with Crippen LogP contribution in [0.5, 0.6) is 0 Å². The Morgan fingerprint density at radius 1 is 0.909 bits per heavy atom. The van der Waals surface area contributed by atoms with Crippen molar-refractivity contribution in [1.82, 2.24) is 9.80 Å². The maximum Gasteiger partial charge on any atom is 0.231 e. The quantitative estimate of drug-likeness (QED) is 0.846. The first-order valence-corrected chi connectivity index (χ1v) is 8.62. The zero-order valence-electron chi connectivity index (χ0n) is 13.2. The number of likely N-dealkylation sites (tertiary alicyclic amines) is 2. The number of carbonyl (C=O) groups is 1. The van der Waals surface area contributed by atoms with Crippen LogP contribution in [0, 0.1) is 11.8 Å². The van der Waals surface area contributed by atoms with Gasteiger partial charge in [0, 0.05) is 44.3 Å². The molecule has 4 nitrogen and oxygen atoms in total. The van der Waals surface area contributed by atoms with Crippen molar-refractivity contribution in [2.24, 2.45) is 11.8 Å². The molecule has 1 amide bonds. The summed E-state index contributed by atoms with van der Waals surface area (Å²) in [6.45, 7) is 7.78. The van der Waals surface area contributed by atoms with Gasteiger partial charge in [-0.05, 0) is 38.1 Å². The fourth-order valence-electron chi connectivity index (χ4n) is 4.26. The first kappa shape index (κ1) is 14.2. The van der Waals surface area contributed by atoms with Crippen LogP contribution >= 0.6 is 0 Å². The van der Waals surface area contributed by atoms with Crippen LogP contribution in [0.4, 0.5) is 5.69 Å². The normalized spacial score (nSPS) is 29.5. The summed E-state index contributed by atoms with van der Waals surface area (Å²) in [7, 11) is 0. The molecule has 0 aliphatic carbocycles. The van der Waals surface area contributed by atoms with E-state index in [9.17, 15) is 4.79 Å². The van der Waals surface area contributed by atoms with E-state index in [1.165, 1.54) is 32.5 Å². The van der Waals surface area contributed by atoms with Crippen LogP contribution in [0.2, 0.25) is 0 Å². The number of anilines is 1. The lowest BCUT2D eigenvalue weighted by atomic mass is 10.0. The van der Waals surface area contributed by atoms with Crippen molar-refractivity contribution < 1.29 is 4.79 Å². The summed E-state index contributed by atoms with van der Waals surface area (Å²) < 4.78 is 0. The van der Waals surface area contributed by atoms with Gasteiger partial charge in [0.1, 0.15) is 0 Å². The van der Waals surface area contributed by atoms with E-state index in [1.54, 1.807) is 0 Å². The van der Waals surface area contributed by atoms with Gasteiger partial charge in [0.2, 0.25) is 5.91 Å². The summed E-state index contributed by atoms with van der Waals surface area (Å²) in [5.41, 5.74) is 1.06. The van der Waals surface area contributed by atoms with Crippen LogP contribution in [-0.4, -0.2) is 61.5 Å². The average Bonchev–Trinajstić information content (AvgIpc) is 3.25. The van der Waals surface area contributed by atoms with E-state index in [0.29, 0.717) is 11.8 Å². The Labute approximate surface area is 132 Å². The average molecular weight is 299 g/mol. The second kappa shape index (κ2) is 6.01. The largest absolute Gasteiger partial charge is 0.312 e. The van der Waals surface area contributed by atoms with Gasteiger partial charge >= 0.3 is 0 Å². The lowest BCUT2D eigenvalue weighted by Gasteiger charge is -2.23. The smallest absolute Gasteiger partial charge is 0.231 e. The van der Waals surface area contributed by atoms with Gasteiger partial charge in [-0.15, -0.1) is 0 Å². The molecule has 3 fully saturated rings. The molecule has 0 spiro atoms. The van der Waals surface area contributed by atoms with Gasteiger partial charge < -0.3 is 14.7 Å². The van der Waals surface area contributed by atoms with E-state index in [4.69, 9.17) is 0 Å². The maximum absolute atomic E-state index is 12.7. The number of hydrogen-bond donors (Lipinski definition) is 0. The summed E-state index contributed by atoms with van der Waals surface area (Å²) in [6, 6.07) is 10.1. The minimum atomic E-state index is 0.221. The van der Waals surface area contributed by atoms with Crippen molar-refractivity contribution in [3.05, 3.63) is 30.3 Å². The second-order valence-electron chi connectivity index (χ2n) is 6.96. The predicted molar refractivity (Wildman–Crippen MR) is 87.9 cm³/mol. The highest BCUT2D eigenvalue weighted by atomic mass is 16.2. The molecule has 0 bridgehead atoms. The van der Waals surface area contributed by atoms with E-state index in [1.807, 2.05) is 35.2 Å². The molecule has 0 radical (unpaired) electrons. The fourth-order valence-corrected chi connectivity index (χ4v) is 4.26. The number of amides is 1. The lowest BCUT2D eigenvalue weighted by molar-refractivity contribution is -0.120. The van der Waals surface area contributed by atoms with Gasteiger partial charge in [-0.3, -0.25) is 4.79 Å². The standard InChI is InChI=1S/C18H25N3O/c22-18-17-14-20(11-10-19-8-4-5-9-19)12-15(17)13-21(18)16-6-2-1-3-7-16/h1-3,6-7,15,17H,4-5,8-14H2/t15-,17-/m1/s1. The molecule has 0 saturated carbocycles. The molecule has 2 atom stereocenters. The molecule has 0 N–H and O–H groups in total. The van der Waals surface area contributed by atoms with Crippen LogP contribution in [0.1, 0.15) is 12.8 Å². The highest BCUT2D eigenvalue weighted by molar-refractivity contribution is 5.98. The summed E-state index contributed by atoms with van der Waals surface area (Å²) >= 11 is 0. The molecular weight excluding hydrogens is 274 g/mol. The zero-order valence-corrected chi connectivity index (χ0v) is 13.2. The van der Waals surface area contributed by atoms with Crippen molar-refractivity contribution in [3.8, 4) is 0 Å². The Hall–Kier alpha value is -1.39. The summed E-state index contributed by atoms with van der Waals surface area (Å²) in [5.74, 6) is 1.07. The highest BCUT2D eigenvalue weighted by Gasteiger charge is 2.46. The number of hydrogen-bond acceptors (Lipinski definition) is 3. The number of carbonyl (C=O) groups excluding carboxylic acids is 1. The third-order valence-corrected chi connectivity index (χ3v) is 5.52. The Bertz CT molecular complexity index is 526. The number of fused-ring (bicyclic) bond motifs is 1. The van der Waals surface area contributed by atoms with Gasteiger partial charge in [-0.2, -0.15) is 0 Å². The molecule has 22 heavy (non-hydrogen) atoms. The number of benzene rings is 1. The van der Waals surface area contributed by atoms with Crippen molar-refractivity contribution in [2.45, 2.75) is 12.8 Å². The first-order chi connectivity index (χ1) is 10.8. The molecule has 0 aromatic heterocycles. The highest BCUT2D eigenvalue weighted by Crippen LogP contribution is 2.34. The van der Waals surface area contributed by atoms with E-state index < -0.39 is 0 Å². The number of nitrogens with zero attached hydrogens (tertiary/aromatic N) is 3. The maximum atomic E-state index is 12.7. The molecule has 4 heteroatoms. The van der Waals surface area contributed by atoms with Crippen molar-refractivity contribution in [3.63, 3.8) is 0 Å². The Balaban J connectivity index is 1.34. The van der Waals surface area contributed by atoms with E-state index in [-0.39, 0.29) is 5.92 Å². The molecule has 1 aromatic rings. The Kier molecular flexibility index (Phi) is 3.89. The minimum absolute atomic E-state index is 0.221. The van der Waals surface area contributed by atoms with Crippen LogP contribution in [0.3, 0.4) is 0 Å². The van der Waals surface area contributed by atoms with E-state index in [2.05, 4.69) is 9.80 Å². The summed E-state index contributed by atoms with van der Waals surface area (Å²) in [6.07, 6.45) is 2.71. The van der Waals surface area contributed by atoms with E-state index >= 15 is 0 Å². The fraction of sp³-hybridized carbons (Fsp3) is 0.611. The van der Waals surface area contributed by atoms with E-state index in [0.717, 1.165) is 31.9 Å². The van der Waals surface area contributed by atoms with Crippen molar-refractivity contribution >= 4 is 11.6 Å². The molecule has 118 valence electrons. The SMILES string of the molecule is O=C1[C@@H]2CN(CCN3CCCC3)C[C@@H]2CN1c1ccccc1. The Morgan fingerprint density at radius 3 is 2.36 bits per heavy atom. The monoisotopic (exact) mass is 299 g/mol. The van der Waals surface area contributed by atoms with Crippen LogP contribution in [-0.2, 0) is 4.79 Å². The van der Waals surface area contributed by atoms with Crippen LogP contribution in [0.25, 0.3) is 0 Å². The molecule has 3 heterocycles. The number of rotatable bonds is 4. The summed E-state index contributed by atoms with van der Waals surface area (Å²) in [4.78, 5) is 19.7. The van der Waals surface area contributed by atoms with Crippen molar-refractivity contribution in [1.29, 1.82) is 0 Å². The summed E-state index contributed by atoms with van der Waals surface area (Å²) in [5, 5.41) is 0. The zero-order chi connectivity index (χ0) is 14.9. The van der Waals surface area contributed by atoms with Crippen LogP contribution in [0.15, 0.2) is 30.3 Å². The van der Waals surface area contributed by atoms with Gasteiger partial charge in [-0.25, -0.2) is 0 Å². The van der Waals surface area contributed by atoms with Gasteiger partial charge in [-0.1, -0.05) is 18.2 Å². The van der Waals surface area contributed by atoms with Gasteiger partial charge in [0.05, 0.1) is 5.92 Å². The second-order valence-corrected chi connectivity index (χ2v) is 6.96. The third kappa shape index (κ3) is 2.66. The molecule has 1 aromatic carbocycles. The molecule has 3 aliphatic rings. The molecular formula is C18H25N3O. The van der Waals surface area contributed by atoms with Crippen molar-refractivity contribution in [2.75, 3.05) is 50.7 Å². The molecule has 3 saturated heterocycles. The van der Waals surface area contributed by atoms with Gasteiger partial charge in [0.15, 0.2) is 0 Å². The first-order valence-electron chi connectivity index (χ1n) is 8.62. The Morgan fingerprint density at radius 2 is 1.64 bits per heavy atom. The predicted octanol–water partition coefficient (Wildman–Crippen LogP) is 1.68. The lowest BCUT2D eigenvalue weighted by Crippen LogP contribution is -2.36. The minimum Gasteiger partial charge on any atom is -0.312 e. The van der Waals surface area contributed by atoms with Crippen LogP contribution < -0.4 is 4.90 Å². The molecule has 0 unspecified atom stereocenters.